The smallest absolute Gasteiger partial charge is 0.322 e. The zero-order valence-corrected chi connectivity index (χ0v) is 11.6. The van der Waals surface area contributed by atoms with Crippen LogP contribution in [0.4, 0.5) is 10.5 Å². The second-order valence-corrected chi connectivity index (χ2v) is 5.00. The van der Waals surface area contributed by atoms with Crippen LogP contribution >= 0.6 is 0 Å². The van der Waals surface area contributed by atoms with E-state index in [4.69, 9.17) is 4.74 Å². The number of ether oxygens (including phenoxy) is 1. The summed E-state index contributed by atoms with van der Waals surface area (Å²) in [7, 11) is 1.60. The second-order valence-electron chi connectivity index (χ2n) is 5.00. The highest BCUT2D eigenvalue weighted by atomic mass is 16.5. The van der Waals surface area contributed by atoms with Crippen LogP contribution in [0.25, 0.3) is 0 Å². The van der Waals surface area contributed by atoms with E-state index >= 15 is 0 Å². The molecule has 0 saturated carbocycles. The van der Waals surface area contributed by atoms with Gasteiger partial charge < -0.3 is 20.3 Å². The van der Waals surface area contributed by atoms with Gasteiger partial charge in [0.2, 0.25) is 0 Å². The standard InChI is InChI=1S/C14H21N3O2/c1-10-8-17(9-11(2)15-10)14(18)16-12-6-4-5-7-13(12)19-3/h4-7,10-11,15H,8-9H2,1-3H3,(H,16,18). The number of nitrogens with one attached hydrogen (secondary N) is 2. The molecule has 5 nitrogen and oxygen atoms in total. The lowest BCUT2D eigenvalue weighted by atomic mass is 10.1. The Hall–Kier alpha value is -1.75. The lowest BCUT2D eigenvalue weighted by Crippen LogP contribution is -2.56. The van der Waals surface area contributed by atoms with Crippen molar-refractivity contribution in [1.29, 1.82) is 0 Å². The lowest BCUT2D eigenvalue weighted by molar-refractivity contribution is 0.176. The minimum absolute atomic E-state index is 0.0790. The van der Waals surface area contributed by atoms with E-state index in [1.807, 2.05) is 29.2 Å². The number of anilines is 1. The molecule has 1 aliphatic rings. The number of hydrogen-bond donors (Lipinski definition) is 2. The average Bonchev–Trinajstić information content (AvgIpc) is 2.38. The van der Waals surface area contributed by atoms with E-state index in [0.717, 1.165) is 0 Å². The van der Waals surface area contributed by atoms with Gasteiger partial charge in [0, 0.05) is 25.2 Å². The number of amides is 2. The highest BCUT2D eigenvalue weighted by molar-refractivity contribution is 5.91. The fourth-order valence-corrected chi connectivity index (χ4v) is 2.43. The number of rotatable bonds is 2. The summed E-state index contributed by atoms with van der Waals surface area (Å²) in [6, 6.07) is 7.97. The summed E-state index contributed by atoms with van der Waals surface area (Å²) in [4.78, 5) is 14.1. The van der Waals surface area contributed by atoms with Crippen LogP contribution in [0.15, 0.2) is 24.3 Å². The van der Waals surface area contributed by atoms with Crippen molar-refractivity contribution >= 4 is 11.7 Å². The SMILES string of the molecule is COc1ccccc1NC(=O)N1CC(C)NC(C)C1. The number of carbonyl (C=O) groups is 1. The number of para-hydroxylation sites is 2. The molecule has 2 atom stereocenters. The molecule has 1 fully saturated rings. The van der Waals surface area contributed by atoms with Gasteiger partial charge in [-0.05, 0) is 26.0 Å². The topological polar surface area (TPSA) is 53.6 Å². The number of hydrogen-bond acceptors (Lipinski definition) is 3. The van der Waals surface area contributed by atoms with Crippen LogP contribution < -0.4 is 15.4 Å². The number of carbonyl (C=O) groups excluding carboxylic acids is 1. The molecule has 0 aliphatic carbocycles. The quantitative estimate of drug-likeness (QED) is 0.857. The molecule has 2 rings (SSSR count). The number of methoxy groups -OCH3 is 1. The molecule has 0 bridgehead atoms. The molecular formula is C14H21N3O2. The molecule has 0 aromatic heterocycles. The van der Waals surface area contributed by atoms with Crippen molar-refractivity contribution in [2.24, 2.45) is 0 Å². The lowest BCUT2D eigenvalue weighted by Gasteiger charge is -2.36. The van der Waals surface area contributed by atoms with Gasteiger partial charge in [-0.3, -0.25) is 0 Å². The summed E-state index contributed by atoms with van der Waals surface area (Å²) < 4.78 is 5.23. The highest BCUT2D eigenvalue weighted by Gasteiger charge is 2.25. The molecule has 2 N–H and O–H groups in total. The fraction of sp³-hybridized carbons (Fsp3) is 0.500. The summed E-state index contributed by atoms with van der Waals surface area (Å²) in [6.45, 7) is 5.59. The molecule has 1 saturated heterocycles. The molecule has 1 aliphatic heterocycles. The molecule has 2 amide bonds. The Balaban J connectivity index is 2.04. The van der Waals surface area contributed by atoms with Gasteiger partial charge in [-0.25, -0.2) is 4.79 Å². The van der Waals surface area contributed by atoms with E-state index in [-0.39, 0.29) is 6.03 Å². The first-order chi connectivity index (χ1) is 9.10. The number of piperazine rings is 1. The van der Waals surface area contributed by atoms with Crippen molar-refractivity contribution in [3.8, 4) is 5.75 Å². The van der Waals surface area contributed by atoms with Gasteiger partial charge in [-0.2, -0.15) is 0 Å². The third-order valence-corrected chi connectivity index (χ3v) is 3.19. The Labute approximate surface area is 113 Å². The first-order valence-electron chi connectivity index (χ1n) is 6.55. The maximum atomic E-state index is 12.3. The Morgan fingerprint density at radius 1 is 1.32 bits per heavy atom. The van der Waals surface area contributed by atoms with E-state index < -0.39 is 0 Å². The van der Waals surface area contributed by atoms with E-state index in [0.29, 0.717) is 36.6 Å². The minimum atomic E-state index is -0.0790. The Kier molecular flexibility index (Phi) is 4.27. The molecule has 1 heterocycles. The molecule has 0 radical (unpaired) electrons. The molecule has 2 unspecified atom stereocenters. The fourth-order valence-electron chi connectivity index (χ4n) is 2.43. The van der Waals surface area contributed by atoms with Crippen LogP contribution in [0, 0.1) is 0 Å². The van der Waals surface area contributed by atoms with E-state index in [9.17, 15) is 4.79 Å². The van der Waals surface area contributed by atoms with Crippen molar-refractivity contribution in [3.05, 3.63) is 24.3 Å². The van der Waals surface area contributed by atoms with Gasteiger partial charge in [0.05, 0.1) is 12.8 Å². The number of nitrogens with zero attached hydrogens (tertiary/aromatic N) is 1. The summed E-state index contributed by atoms with van der Waals surface area (Å²) in [5.41, 5.74) is 0.703. The molecular weight excluding hydrogens is 242 g/mol. The van der Waals surface area contributed by atoms with Crippen LogP contribution in [-0.2, 0) is 0 Å². The van der Waals surface area contributed by atoms with E-state index in [2.05, 4.69) is 24.5 Å². The summed E-state index contributed by atoms with van der Waals surface area (Å²) in [6.07, 6.45) is 0. The molecule has 104 valence electrons. The van der Waals surface area contributed by atoms with E-state index in [1.54, 1.807) is 7.11 Å². The Morgan fingerprint density at radius 3 is 2.58 bits per heavy atom. The molecule has 0 spiro atoms. The predicted octanol–water partition coefficient (Wildman–Crippen LogP) is 1.91. The number of urea groups is 1. The monoisotopic (exact) mass is 263 g/mol. The average molecular weight is 263 g/mol. The summed E-state index contributed by atoms with van der Waals surface area (Å²) >= 11 is 0. The highest BCUT2D eigenvalue weighted by Crippen LogP contribution is 2.23. The van der Waals surface area contributed by atoms with Crippen molar-refractivity contribution in [1.82, 2.24) is 10.2 Å². The molecule has 1 aromatic rings. The second kappa shape index (κ2) is 5.93. The van der Waals surface area contributed by atoms with Gasteiger partial charge >= 0.3 is 6.03 Å². The van der Waals surface area contributed by atoms with Crippen LogP contribution in [0.5, 0.6) is 5.75 Å². The third kappa shape index (κ3) is 3.38. The van der Waals surface area contributed by atoms with Crippen molar-refractivity contribution in [2.45, 2.75) is 25.9 Å². The first-order valence-corrected chi connectivity index (χ1v) is 6.55. The number of benzene rings is 1. The maximum absolute atomic E-state index is 12.3. The predicted molar refractivity (Wildman–Crippen MR) is 75.6 cm³/mol. The largest absolute Gasteiger partial charge is 0.495 e. The molecule has 1 aromatic carbocycles. The zero-order chi connectivity index (χ0) is 13.8. The first kappa shape index (κ1) is 13.7. The van der Waals surface area contributed by atoms with Crippen LogP contribution in [-0.4, -0.2) is 43.2 Å². The minimum Gasteiger partial charge on any atom is -0.495 e. The van der Waals surface area contributed by atoms with Gasteiger partial charge in [-0.15, -0.1) is 0 Å². The molecule has 5 heteroatoms. The van der Waals surface area contributed by atoms with Crippen molar-refractivity contribution in [3.63, 3.8) is 0 Å². The van der Waals surface area contributed by atoms with Crippen LogP contribution in [0.3, 0.4) is 0 Å². The van der Waals surface area contributed by atoms with Gasteiger partial charge in [0.25, 0.3) is 0 Å². The van der Waals surface area contributed by atoms with Gasteiger partial charge in [-0.1, -0.05) is 12.1 Å². The summed E-state index contributed by atoms with van der Waals surface area (Å²) in [5.74, 6) is 0.673. The maximum Gasteiger partial charge on any atom is 0.322 e. The molecule has 19 heavy (non-hydrogen) atoms. The van der Waals surface area contributed by atoms with Crippen LogP contribution in [0.2, 0.25) is 0 Å². The Morgan fingerprint density at radius 2 is 1.95 bits per heavy atom. The van der Waals surface area contributed by atoms with Gasteiger partial charge in [0.15, 0.2) is 0 Å². The third-order valence-electron chi connectivity index (χ3n) is 3.19. The normalized spacial score (nSPS) is 23.0. The van der Waals surface area contributed by atoms with E-state index in [1.165, 1.54) is 0 Å². The van der Waals surface area contributed by atoms with Gasteiger partial charge in [0.1, 0.15) is 5.75 Å². The van der Waals surface area contributed by atoms with Crippen LogP contribution in [0.1, 0.15) is 13.8 Å². The van der Waals surface area contributed by atoms with Crippen molar-refractivity contribution < 1.29 is 9.53 Å². The Bertz CT molecular complexity index is 440. The summed E-state index contributed by atoms with van der Waals surface area (Å²) in [5, 5.41) is 6.31. The zero-order valence-electron chi connectivity index (χ0n) is 11.6. The van der Waals surface area contributed by atoms with Crippen molar-refractivity contribution in [2.75, 3.05) is 25.5 Å².